The quantitative estimate of drug-likeness (QED) is 0.232. The molecule has 4 rings (SSSR count). The summed E-state index contributed by atoms with van der Waals surface area (Å²) in [6, 6.07) is 15.7. The predicted octanol–water partition coefficient (Wildman–Crippen LogP) is 3.70. The van der Waals surface area contributed by atoms with Crippen LogP contribution < -0.4 is 32.5 Å². The summed E-state index contributed by atoms with van der Waals surface area (Å²) < 4.78 is 43.8. The molecule has 0 spiro atoms. The van der Waals surface area contributed by atoms with Crippen LogP contribution in [-0.2, 0) is 6.54 Å². The summed E-state index contributed by atoms with van der Waals surface area (Å²) >= 11 is 0. The fraction of sp³-hybridized carbons (Fsp3) is 0.435. The molecule has 2 aromatic rings. The van der Waals surface area contributed by atoms with Crippen LogP contribution in [-0.4, -0.2) is 24.7 Å². The zero-order valence-electron chi connectivity index (χ0n) is 18.4. The van der Waals surface area contributed by atoms with Crippen LogP contribution in [0.15, 0.2) is 53.6 Å². The molecule has 1 aliphatic heterocycles. The van der Waals surface area contributed by atoms with Gasteiger partial charge >= 0.3 is 6.18 Å². The zero-order valence-corrected chi connectivity index (χ0v) is 18.4. The minimum Gasteiger partial charge on any atom is -0.490 e. The molecule has 10 heteroatoms. The lowest BCUT2D eigenvalue weighted by Crippen LogP contribution is -2.46. The van der Waals surface area contributed by atoms with E-state index in [4.69, 9.17) is 22.2 Å². The molecule has 2 aliphatic rings. The molecule has 180 valence electrons. The summed E-state index contributed by atoms with van der Waals surface area (Å²) in [6.45, 7) is 1.30. The van der Waals surface area contributed by atoms with E-state index >= 15 is 0 Å². The Bertz CT molecular complexity index is 912. The van der Waals surface area contributed by atoms with Gasteiger partial charge in [0.1, 0.15) is 5.75 Å². The van der Waals surface area contributed by atoms with Crippen LogP contribution in [0.1, 0.15) is 49.3 Å². The van der Waals surface area contributed by atoms with Gasteiger partial charge in [-0.1, -0.05) is 36.8 Å². The summed E-state index contributed by atoms with van der Waals surface area (Å²) in [5.41, 5.74) is 7.67. The van der Waals surface area contributed by atoms with E-state index in [-0.39, 0.29) is 18.3 Å². The third kappa shape index (κ3) is 7.08. The first-order valence-electron chi connectivity index (χ1n) is 11.0. The second kappa shape index (κ2) is 11.4. The molecule has 0 radical (unpaired) electrons. The average Bonchev–Trinajstić information content (AvgIpc) is 3.64. The number of piperidine rings is 1. The van der Waals surface area contributed by atoms with Crippen LogP contribution >= 0.6 is 0 Å². The number of rotatable bonds is 5. The van der Waals surface area contributed by atoms with E-state index in [0.717, 1.165) is 12.8 Å². The van der Waals surface area contributed by atoms with E-state index < -0.39 is 12.0 Å². The van der Waals surface area contributed by atoms with Gasteiger partial charge in [0.05, 0.1) is 11.8 Å². The summed E-state index contributed by atoms with van der Waals surface area (Å²) in [5, 5.41) is 6.61. The standard InChI is InChI=1S/C12H16F3N5O.C11H15N/c13-12(14,15)11(19-17)20(18)8-1-4-10(7(5-8)6-16)21-9-2-3-9;1-2-6-10(7-3-1)11-8-4-5-9-12-11/h1,4-5,9H,2-3,6,16-18H2;1-3,6-7,11-12H,4-5,8-9H2/b19-11-;/t;11-/m.1/s1. The Morgan fingerprint density at radius 2 is 1.82 bits per heavy atom. The van der Waals surface area contributed by atoms with Gasteiger partial charge in [0.2, 0.25) is 5.84 Å². The minimum atomic E-state index is -4.75. The van der Waals surface area contributed by atoms with Crippen molar-refractivity contribution in [1.82, 2.24) is 5.32 Å². The summed E-state index contributed by atoms with van der Waals surface area (Å²) in [7, 11) is 0. The van der Waals surface area contributed by atoms with Gasteiger partial charge in [-0.2, -0.15) is 18.3 Å². The van der Waals surface area contributed by atoms with Crippen molar-refractivity contribution in [1.29, 1.82) is 0 Å². The van der Waals surface area contributed by atoms with Gasteiger partial charge in [-0.15, -0.1) is 0 Å². The molecule has 33 heavy (non-hydrogen) atoms. The summed E-state index contributed by atoms with van der Waals surface area (Å²) in [6.07, 6.45) is 1.33. The minimum absolute atomic E-state index is 0.0696. The molecule has 2 fully saturated rings. The molecule has 1 saturated carbocycles. The largest absolute Gasteiger partial charge is 0.490 e. The molecule has 0 bridgehead atoms. The predicted molar refractivity (Wildman–Crippen MR) is 123 cm³/mol. The van der Waals surface area contributed by atoms with Gasteiger partial charge in [-0.25, -0.2) is 5.84 Å². The van der Waals surface area contributed by atoms with Crippen molar-refractivity contribution in [3.63, 3.8) is 0 Å². The topological polar surface area (TPSA) is 115 Å². The third-order valence-electron chi connectivity index (χ3n) is 5.48. The van der Waals surface area contributed by atoms with Crippen LogP contribution in [0.4, 0.5) is 18.9 Å². The highest BCUT2D eigenvalue weighted by molar-refractivity contribution is 6.00. The zero-order chi connectivity index (χ0) is 23.8. The fourth-order valence-corrected chi connectivity index (χ4v) is 3.57. The number of benzene rings is 2. The molecule has 1 atom stereocenters. The van der Waals surface area contributed by atoms with E-state index in [1.165, 1.54) is 43.5 Å². The van der Waals surface area contributed by atoms with Gasteiger partial charge < -0.3 is 21.6 Å². The molecule has 1 aliphatic carbocycles. The fourth-order valence-electron chi connectivity index (χ4n) is 3.57. The lowest BCUT2D eigenvalue weighted by Gasteiger charge is -2.23. The van der Waals surface area contributed by atoms with Crippen molar-refractivity contribution in [3.8, 4) is 5.75 Å². The van der Waals surface area contributed by atoms with Crippen LogP contribution in [0.3, 0.4) is 0 Å². The van der Waals surface area contributed by atoms with Gasteiger partial charge in [0.25, 0.3) is 0 Å². The molecule has 0 amide bonds. The van der Waals surface area contributed by atoms with Gasteiger partial charge in [0.15, 0.2) is 0 Å². The number of hydrazine groups is 1. The summed E-state index contributed by atoms with van der Waals surface area (Å²) in [4.78, 5) is 0. The van der Waals surface area contributed by atoms with E-state index in [1.807, 2.05) is 0 Å². The van der Waals surface area contributed by atoms with E-state index in [0.29, 0.717) is 22.4 Å². The number of nitrogens with one attached hydrogen (secondary N) is 1. The second-order valence-corrected chi connectivity index (χ2v) is 8.05. The number of alkyl halides is 3. The van der Waals surface area contributed by atoms with Crippen molar-refractivity contribution in [2.75, 3.05) is 11.6 Å². The second-order valence-electron chi connectivity index (χ2n) is 8.05. The number of hydrogen-bond donors (Lipinski definition) is 4. The Balaban J connectivity index is 0.000000215. The highest BCUT2D eigenvalue weighted by Gasteiger charge is 2.40. The molecular weight excluding hydrogens is 433 g/mol. The highest BCUT2D eigenvalue weighted by Crippen LogP contribution is 2.32. The van der Waals surface area contributed by atoms with Gasteiger partial charge in [-0.3, -0.25) is 5.01 Å². The van der Waals surface area contributed by atoms with Crippen molar-refractivity contribution in [2.24, 2.45) is 22.5 Å². The van der Waals surface area contributed by atoms with E-state index in [2.05, 4.69) is 40.8 Å². The van der Waals surface area contributed by atoms with Crippen LogP contribution in [0.2, 0.25) is 0 Å². The molecule has 0 aromatic heterocycles. The van der Waals surface area contributed by atoms with Crippen LogP contribution in [0.25, 0.3) is 0 Å². The van der Waals surface area contributed by atoms with Crippen molar-refractivity contribution >= 4 is 11.5 Å². The molecule has 0 unspecified atom stereocenters. The molecule has 1 saturated heterocycles. The van der Waals surface area contributed by atoms with Crippen LogP contribution in [0, 0.1) is 0 Å². The summed E-state index contributed by atoms with van der Waals surface area (Å²) in [5.74, 6) is 9.36. The number of nitrogens with two attached hydrogens (primary N) is 3. The molecule has 7 nitrogen and oxygen atoms in total. The van der Waals surface area contributed by atoms with Gasteiger partial charge in [0, 0.05) is 18.2 Å². The van der Waals surface area contributed by atoms with E-state index in [1.54, 1.807) is 6.07 Å². The number of halogens is 3. The van der Waals surface area contributed by atoms with Crippen molar-refractivity contribution in [2.45, 2.75) is 57.0 Å². The number of hydrazone groups is 1. The number of amidine groups is 1. The maximum absolute atomic E-state index is 12.7. The van der Waals surface area contributed by atoms with Crippen LogP contribution in [0.5, 0.6) is 5.75 Å². The number of hydrogen-bond acceptors (Lipinski definition) is 6. The first-order chi connectivity index (χ1) is 15.8. The molecule has 7 N–H and O–H groups in total. The Kier molecular flexibility index (Phi) is 8.54. The Morgan fingerprint density at radius 1 is 1.09 bits per heavy atom. The first-order valence-corrected chi connectivity index (χ1v) is 11.0. The van der Waals surface area contributed by atoms with Crippen molar-refractivity contribution < 1.29 is 17.9 Å². The molecule has 2 aromatic carbocycles. The first kappa shape index (κ1) is 24.8. The Morgan fingerprint density at radius 3 is 2.36 bits per heavy atom. The smallest absolute Gasteiger partial charge is 0.452 e. The SMILES string of the molecule is NCc1cc(N(N)/C(=N\N)C(F)(F)F)ccc1OC1CC1.c1ccc([C@H]2CCCCN2)cc1. The lowest BCUT2D eigenvalue weighted by atomic mass is 9.98. The number of anilines is 1. The average molecular weight is 465 g/mol. The Labute approximate surface area is 191 Å². The lowest BCUT2D eigenvalue weighted by molar-refractivity contribution is -0.0604. The number of ether oxygens (including phenoxy) is 1. The van der Waals surface area contributed by atoms with Crippen molar-refractivity contribution in [3.05, 3.63) is 59.7 Å². The maximum Gasteiger partial charge on any atom is 0.452 e. The van der Waals surface area contributed by atoms with E-state index in [9.17, 15) is 13.2 Å². The molecule has 1 heterocycles. The normalized spacial score (nSPS) is 18.8. The Hall–Kier alpha value is -2.82. The third-order valence-corrected chi connectivity index (χ3v) is 5.48. The van der Waals surface area contributed by atoms with Gasteiger partial charge in [-0.05, 0) is 56.0 Å². The maximum atomic E-state index is 12.7. The number of nitrogens with zero attached hydrogens (tertiary/aromatic N) is 2. The molecular formula is C23H31F3N6O. The highest BCUT2D eigenvalue weighted by atomic mass is 19.4. The monoisotopic (exact) mass is 464 g/mol.